The second kappa shape index (κ2) is 8.46. The van der Waals surface area contributed by atoms with Gasteiger partial charge in [-0.2, -0.15) is 0 Å². The highest BCUT2D eigenvalue weighted by Gasteiger charge is 2.10. The van der Waals surface area contributed by atoms with E-state index >= 15 is 0 Å². The van der Waals surface area contributed by atoms with Gasteiger partial charge in [0, 0.05) is 32.2 Å². The number of carbonyl (C=O) groups excluding carboxylic acids is 1. The third kappa shape index (κ3) is 6.22. The number of hydrogen-bond acceptors (Lipinski definition) is 3. The fourth-order valence-electron chi connectivity index (χ4n) is 2.61. The van der Waals surface area contributed by atoms with Crippen LogP contribution in [0, 0.1) is 0 Å². The van der Waals surface area contributed by atoms with Crippen molar-refractivity contribution in [2.45, 2.75) is 33.0 Å². The molecule has 0 heterocycles. The van der Waals surface area contributed by atoms with Crippen LogP contribution >= 0.6 is 0 Å². The Balaban J connectivity index is 2.09. The standard InChI is InChI=1S/C19H24N2O2/c1-15(22)12-21(13-17-7-4-3-5-8-17)14-18-9-6-10-19(11-18)20-16(2)23/h3-11,15,22H,12-14H2,1-2H3,(H,20,23)/t15-/m0/s1. The number of anilines is 1. The highest BCUT2D eigenvalue weighted by molar-refractivity contribution is 5.88. The Morgan fingerprint density at radius 1 is 1.09 bits per heavy atom. The van der Waals surface area contributed by atoms with E-state index in [1.54, 1.807) is 6.92 Å². The van der Waals surface area contributed by atoms with E-state index in [-0.39, 0.29) is 5.91 Å². The van der Waals surface area contributed by atoms with Crippen molar-refractivity contribution in [3.63, 3.8) is 0 Å². The maximum absolute atomic E-state index is 11.2. The first-order valence-electron chi connectivity index (χ1n) is 7.84. The Morgan fingerprint density at radius 3 is 2.39 bits per heavy atom. The van der Waals surface area contributed by atoms with Gasteiger partial charge < -0.3 is 10.4 Å². The van der Waals surface area contributed by atoms with E-state index in [0.717, 1.165) is 17.8 Å². The maximum atomic E-state index is 11.2. The Morgan fingerprint density at radius 2 is 1.74 bits per heavy atom. The monoisotopic (exact) mass is 312 g/mol. The van der Waals surface area contributed by atoms with Gasteiger partial charge in [-0.25, -0.2) is 0 Å². The lowest BCUT2D eigenvalue weighted by Crippen LogP contribution is -2.30. The number of amides is 1. The van der Waals surface area contributed by atoms with E-state index in [1.165, 1.54) is 12.5 Å². The van der Waals surface area contributed by atoms with E-state index in [2.05, 4.69) is 22.3 Å². The molecule has 2 aromatic carbocycles. The highest BCUT2D eigenvalue weighted by atomic mass is 16.3. The van der Waals surface area contributed by atoms with Crippen molar-refractivity contribution in [3.8, 4) is 0 Å². The molecular formula is C19H24N2O2. The van der Waals surface area contributed by atoms with Crippen molar-refractivity contribution in [2.24, 2.45) is 0 Å². The summed E-state index contributed by atoms with van der Waals surface area (Å²) in [6.45, 7) is 5.39. The molecule has 2 N–H and O–H groups in total. The first-order chi connectivity index (χ1) is 11.0. The zero-order valence-electron chi connectivity index (χ0n) is 13.7. The van der Waals surface area contributed by atoms with E-state index in [0.29, 0.717) is 13.1 Å². The largest absolute Gasteiger partial charge is 0.392 e. The number of hydrogen-bond donors (Lipinski definition) is 2. The van der Waals surface area contributed by atoms with Crippen LogP contribution in [0.2, 0.25) is 0 Å². The summed E-state index contributed by atoms with van der Waals surface area (Å²) in [5.41, 5.74) is 3.12. The van der Waals surface area contributed by atoms with Crippen LogP contribution in [0.25, 0.3) is 0 Å². The van der Waals surface area contributed by atoms with Crippen molar-refractivity contribution in [1.29, 1.82) is 0 Å². The summed E-state index contributed by atoms with van der Waals surface area (Å²) in [7, 11) is 0. The van der Waals surface area contributed by atoms with Crippen molar-refractivity contribution in [2.75, 3.05) is 11.9 Å². The van der Waals surface area contributed by atoms with Crippen molar-refractivity contribution in [1.82, 2.24) is 4.90 Å². The van der Waals surface area contributed by atoms with Crippen LogP contribution in [-0.4, -0.2) is 28.6 Å². The lowest BCUT2D eigenvalue weighted by atomic mass is 10.1. The van der Waals surface area contributed by atoms with E-state index in [1.807, 2.05) is 42.5 Å². The van der Waals surface area contributed by atoms with Gasteiger partial charge in [-0.15, -0.1) is 0 Å². The minimum Gasteiger partial charge on any atom is -0.392 e. The first-order valence-corrected chi connectivity index (χ1v) is 7.84. The number of nitrogens with zero attached hydrogens (tertiary/aromatic N) is 1. The van der Waals surface area contributed by atoms with Crippen molar-refractivity contribution >= 4 is 11.6 Å². The normalized spacial score (nSPS) is 12.2. The van der Waals surface area contributed by atoms with Gasteiger partial charge in [0.05, 0.1) is 6.10 Å². The third-order valence-electron chi connectivity index (χ3n) is 3.42. The molecule has 0 aliphatic heterocycles. The lowest BCUT2D eigenvalue weighted by Gasteiger charge is -2.24. The third-order valence-corrected chi connectivity index (χ3v) is 3.42. The number of benzene rings is 2. The van der Waals surface area contributed by atoms with E-state index < -0.39 is 6.10 Å². The minimum absolute atomic E-state index is 0.0766. The number of carbonyl (C=O) groups is 1. The molecule has 0 aromatic heterocycles. The van der Waals surface area contributed by atoms with Crippen molar-refractivity contribution in [3.05, 3.63) is 65.7 Å². The molecule has 1 atom stereocenters. The first kappa shape index (κ1) is 17.2. The van der Waals surface area contributed by atoms with Gasteiger partial charge in [0.25, 0.3) is 0 Å². The molecule has 0 aliphatic rings. The molecule has 1 amide bonds. The summed E-state index contributed by atoms with van der Waals surface area (Å²) in [6.07, 6.45) is -0.391. The van der Waals surface area contributed by atoms with Crippen molar-refractivity contribution < 1.29 is 9.90 Å². The molecule has 0 unspecified atom stereocenters. The van der Waals surface area contributed by atoms with Gasteiger partial charge in [-0.3, -0.25) is 9.69 Å². The number of aliphatic hydroxyl groups excluding tert-OH is 1. The number of rotatable bonds is 7. The van der Waals surface area contributed by atoms with Crippen LogP contribution < -0.4 is 5.32 Å². The summed E-state index contributed by atoms with van der Waals surface area (Å²) >= 11 is 0. The molecular weight excluding hydrogens is 288 g/mol. The van der Waals surface area contributed by atoms with Gasteiger partial charge in [-0.1, -0.05) is 42.5 Å². The molecule has 0 aliphatic carbocycles. The number of nitrogens with one attached hydrogen (secondary N) is 1. The predicted octanol–water partition coefficient (Wildman–Crippen LogP) is 3.03. The molecule has 2 aromatic rings. The van der Waals surface area contributed by atoms with Gasteiger partial charge in [0.1, 0.15) is 0 Å². The van der Waals surface area contributed by atoms with Crippen LogP contribution in [0.15, 0.2) is 54.6 Å². The van der Waals surface area contributed by atoms with Gasteiger partial charge in [0.15, 0.2) is 0 Å². The van der Waals surface area contributed by atoms with Crippen LogP contribution in [0.3, 0.4) is 0 Å². The zero-order chi connectivity index (χ0) is 16.7. The highest BCUT2D eigenvalue weighted by Crippen LogP contribution is 2.15. The van der Waals surface area contributed by atoms with Gasteiger partial charge >= 0.3 is 0 Å². The van der Waals surface area contributed by atoms with Crippen LogP contribution in [0.1, 0.15) is 25.0 Å². The molecule has 23 heavy (non-hydrogen) atoms. The fraction of sp³-hybridized carbons (Fsp3) is 0.316. The zero-order valence-corrected chi connectivity index (χ0v) is 13.7. The van der Waals surface area contributed by atoms with Gasteiger partial charge in [0.2, 0.25) is 5.91 Å². The maximum Gasteiger partial charge on any atom is 0.221 e. The smallest absolute Gasteiger partial charge is 0.221 e. The van der Waals surface area contributed by atoms with Crippen LogP contribution in [0.4, 0.5) is 5.69 Å². The average molecular weight is 312 g/mol. The summed E-state index contributed by atoms with van der Waals surface area (Å²) in [5.74, 6) is -0.0766. The number of aliphatic hydroxyl groups is 1. The lowest BCUT2D eigenvalue weighted by molar-refractivity contribution is -0.114. The van der Waals surface area contributed by atoms with Gasteiger partial charge in [-0.05, 0) is 30.2 Å². The molecule has 0 spiro atoms. The molecule has 0 fully saturated rings. The molecule has 2 rings (SSSR count). The Bertz CT molecular complexity index is 626. The second-order valence-corrected chi connectivity index (χ2v) is 5.89. The van der Waals surface area contributed by atoms with E-state index in [9.17, 15) is 9.90 Å². The molecule has 0 bridgehead atoms. The average Bonchev–Trinajstić information content (AvgIpc) is 2.47. The molecule has 0 saturated carbocycles. The molecule has 4 nitrogen and oxygen atoms in total. The summed E-state index contributed by atoms with van der Waals surface area (Å²) in [4.78, 5) is 13.4. The van der Waals surface area contributed by atoms with E-state index in [4.69, 9.17) is 0 Å². The Hall–Kier alpha value is -2.17. The summed E-state index contributed by atoms with van der Waals surface area (Å²) < 4.78 is 0. The Labute approximate surface area is 137 Å². The summed E-state index contributed by atoms with van der Waals surface area (Å²) in [5, 5.41) is 12.6. The summed E-state index contributed by atoms with van der Waals surface area (Å²) in [6, 6.07) is 18.0. The van der Waals surface area contributed by atoms with Crippen LogP contribution in [-0.2, 0) is 17.9 Å². The molecule has 122 valence electrons. The topological polar surface area (TPSA) is 52.6 Å². The Kier molecular flexibility index (Phi) is 6.32. The van der Waals surface area contributed by atoms with Crippen LogP contribution in [0.5, 0.6) is 0 Å². The quantitative estimate of drug-likeness (QED) is 0.826. The minimum atomic E-state index is -0.391. The second-order valence-electron chi connectivity index (χ2n) is 5.89. The predicted molar refractivity (Wildman–Crippen MR) is 93.0 cm³/mol. The molecule has 0 radical (unpaired) electrons. The fourth-order valence-corrected chi connectivity index (χ4v) is 2.61. The molecule has 0 saturated heterocycles. The SMILES string of the molecule is CC(=O)Nc1cccc(CN(Cc2ccccc2)C[C@H](C)O)c1. The molecule has 4 heteroatoms.